The van der Waals surface area contributed by atoms with Crippen molar-refractivity contribution in [3.05, 3.63) is 0 Å². The minimum absolute atomic E-state index is 0.0201. The Hall–Kier alpha value is -0.0800. The quantitative estimate of drug-likeness (QED) is 0.759. The van der Waals surface area contributed by atoms with Gasteiger partial charge in [0, 0.05) is 12.0 Å². The number of nitrogens with two attached hydrogens (primary N) is 1. The molecule has 2 rings (SSSR count). The molecule has 0 aliphatic heterocycles. The fourth-order valence-electron chi connectivity index (χ4n) is 4.27. The van der Waals surface area contributed by atoms with E-state index in [-0.39, 0.29) is 5.41 Å². The lowest BCUT2D eigenvalue weighted by molar-refractivity contribution is -0.138. The van der Waals surface area contributed by atoms with Crippen molar-refractivity contribution in [2.45, 2.75) is 64.4 Å². The first-order chi connectivity index (χ1) is 7.54. The standard InChI is InChI=1S/C14H27NO/c1-11-6-8-13(9-11,10-15)14(16)7-4-3-5-12(14)2/h11-12,16H,3-10,15H2,1-2H3. The van der Waals surface area contributed by atoms with E-state index in [0.717, 1.165) is 25.2 Å². The van der Waals surface area contributed by atoms with Gasteiger partial charge in [0.05, 0.1) is 5.60 Å². The lowest BCUT2D eigenvalue weighted by Crippen LogP contribution is -2.56. The van der Waals surface area contributed by atoms with E-state index in [1.807, 2.05) is 0 Å². The molecule has 3 N–H and O–H groups in total. The van der Waals surface area contributed by atoms with Gasteiger partial charge in [-0.25, -0.2) is 0 Å². The Morgan fingerprint density at radius 3 is 2.44 bits per heavy atom. The Bertz CT molecular complexity index is 253. The third-order valence-electron chi connectivity index (χ3n) is 5.42. The van der Waals surface area contributed by atoms with Gasteiger partial charge in [-0.05, 0) is 37.5 Å². The van der Waals surface area contributed by atoms with Crippen molar-refractivity contribution in [2.75, 3.05) is 6.54 Å². The fourth-order valence-corrected chi connectivity index (χ4v) is 4.27. The van der Waals surface area contributed by atoms with E-state index >= 15 is 0 Å². The summed E-state index contributed by atoms with van der Waals surface area (Å²) in [5, 5.41) is 11.1. The summed E-state index contributed by atoms with van der Waals surface area (Å²) >= 11 is 0. The van der Waals surface area contributed by atoms with Gasteiger partial charge in [0.2, 0.25) is 0 Å². The summed E-state index contributed by atoms with van der Waals surface area (Å²) in [6.45, 7) is 5.19. The summed E-state index contributed by atoms with van der Waals surface area (Å²) in [5.41, 5.74) is 5.59. The van der Waals surface area contributed by atoms with E-state index in [9.17, 15) is 5.11 Å². The first-order valence-corrected chi connectivity index (χ1v) is 6.96. The van der Waals surface area contributed by atoms with Crippen LogP contribution in [-0.4, -0.2) is 17.3 Å². The van der Waals surface area contributed by atoms with E-state index in [1.165, 1.54) is 25.7 Å². The molecule has 0 bridgehead atoms. The zero-order chi connectivity index (χ0) is 11.8. The van der Waals surface area contributed by atoms with Crippen molar-refractivity contribution in [3.8, 4) is 0 Å². The lowest BCUT2D eigenvalue weighted by Gasteiger charge is -2.51. The maximum Gasteiger partial charge on any atom is 0.0741 e. The second-order valence-corrected chi connectivity index (χ2v) is 6.40. The van der Waals surface area contributed by atoms with Gasteiger partial charge in [-0.1, -0.05) is 33.1 Å². The molecule has 2 nitrogen and oxygen atoms in total. The predicted molar refractivity (Wildman–Crippen MR) is 67.1 cm³/mol. The van der Waals surface area contributed by atoms with Crippen molar-refractivity contribution < 1.29 is 5.11 Å². The highest BCUT2D eigenvalue weighted by Crippen LogP contribution is 2.55. The number of hydrogen-bond donors (Lipinski definition) is 2. The van der Waals surface area contributed by atoms with Crippen LogP contribution in [0.15, 0.2) is 0 Å². The van der Waals surface area contributed by atoms with Crippen molar-refractivity contribution in [3.63, 3.8) is 0 Å². The van der Waals surface area contributed by atoms with Crippen LogP contribution in [-0.2, 0) is 0 Å². The molecule has 2 aliphatic rings. The Balaban J connectivity index is 2.25. The van der Waals surface area contributed by atoms with Crippen LogP contribution in [0, 0.1) is 17.3 Å². The van der Waals surface area contributed by atoms with Gasteiger partial charge in [-0.3, -0.25) is 0 Å². The van der Waals surface area contributed by atoms with E-state index in [1.54, 1.807) is 0 Å². The molecule has 0 amide bonds. The minimum Gasteiger partial charge on any atom is -0.389 e. The highest BCUT2D eigenvalue weighted by atomic mass is 16.3. The van der Waals surface area contributed by atoms with Crippen LogP contribution in [0.4, 0.5) is 0 Å². The van der Waals surface area contributed by atoms with Crippen LogP contribution >= 0.6 is 0 Å². The molecule has 2 aliphatic carbocycles. The summed E-state index contributed by atoms with van der Waals surface area (Å²) in [6, 6.07) is 0. The molecule has 0 aromatic heterocycles. The molecule has 2 heteroatoms. The van der Waals surface area contributed by atoms with Crippen LogP contribution in [0.5, 0.6) is 0 Å². The van der Waals surface area contributed by atoms with Crippen LogP contribution in [0.3, 0.4) is 0 Å². The molecule has 94 valence electrons. The molecule has 0 radical (unpaired) electrons. The van der Waals surface area contributed by atoms with Crippen molar-refractivity contribution >= 4 is 0 Å². The zero-order valence-electron chi connectivity index (χ0n) is 10.8. The largest absolute Gasteiger partial charge is 0.389 e. The van der Waals surface area contributed by atoms with E-state index in [2.05, 4.69) is 13.8 Å². The van der Waals surface area contributed by atoms with Gasteiger partial charge in [-0.2, -0.15) is 0 Å². The average Bonchev–Trinajstić information content (AvgIpc) is 2.66. The summed E-state index contributed by atoms with van der Waals surface area (Å²) in [5.74, 6) is 1.16. The summed E-state index contributed by atoms with van der Waals surface area (Å²) < 4.78 is 0. The van der Waals surface area contributed by atoms with Crippen LogP contribution < -0.4 is 5.73 Å². The molecule has 4 atom stereocenters. The molecule has 0 heterocycles. The first-order valence-electron chi connectivity index (χ1n) is 6.96. The van der Waals surface area contributed by atoms with Crippen molar-refractivity contribution in [1.82, 2.24) is 0 Å². The molecule has 0 spiro atoms. The number of rotatable bonds is 2. The second-order valence-electron chi connectivity index (χ2n) is 6.40. The van der Waals surface area contributed by atoms with Crippen LogP contribution in [0.1, 0.15) is 58.8 Å². The van der Waals surface area contributed by atoms with Crippen LogP contribution in [0.25, 0.3) is 0 Å². The Morgan fingerprint density at radius 2 is 1.94 bits per heavy atom. The third kappa shape index (κ3) is 1.70. The topological polar surface area (TPSA) is 46.2 Å². The van der Waals surface area contributed by atoms with Crippen LogP contribution in [0.2, 0.25) is 0 Å². The molecular weight excluding hydrogens is 198 g/mol. The van der Waals surface area contributed by atoms with Gasteiger partial charge in [-0.15, -0.1) is 0 Å². The monoisotopic (exact) mass is 225 g/mol. The van der Waals surface area contributed by atoms with E-state index in [0.29, 0.717) is 12.5 Å². The molecule has 0 aromatic rings. The van der Waals surface area contributed by atoms with Gasteiger partial charge in [0.1, 0.15) is 0 Å². The summed E-state index contributed by atoms with van der Waals surface area (Å²) in [4.78, 5) is 0. The SMILES string of the molecule is CC1CCC(CN)(C2(O)CCCCC2C)C1. The maximum atomic E-state index is 11.1. The smallest absolute Gasteiger partial charge is 0.0741 e. The normalized spacial score (nSPS) is 49.5. The highest BCUT2D eigenvalue weighted by Gasteiger charge is 2.55. The highest BCUT2D eigenvalue weighted by molar-refractivity contribution is 5.06. The Morgan fingerprint density at radius 1 is 1.19 bits per heavy atom. The molecule has 16 heavy (non-hydrogen) atoms. The molecule has 2 saturated carbocycles. The maximum absolute atomic E-state index is 11.1. The fraction of sp³-hybridized carbons (Fsp3) is 1.00. The van der Waals surface area contributed by atoms with Gasteiger partial charge in [0.25, 0.3) is 0 Å². The molecule has 4 unspecified atom stereocenters. The molecular formula is C14H27NO. The van der Waals surface area contributed by atoms with Gasteiger partial charge >= 0.3 is 0 Å². The predicted octanol–water partition coefficient (Wildman–Crippen LogP) is 2.69. The van der Waals surface area contributed by atoms with Gasteiger partial charge < -0.3 is 10.8 Å². The summed E-state index contributed by atoms with van der Waals surface area (Å²) in [7, 11) is 0. The van der Waals surface area contributed by atoms with E-state index < -0.39 is 5.60 Å². The molecule has 0 aromatic carbocycles. The van der Waals surface area contributed by atoms with Crippen molar-refractivity contribution in [1.29, 1.82) is 0 Å². The van der Waals surface area contributed by atoms with Crippen molar-refractivity contribution in [2.24, 2.45) is 23.0 Å². The third-order valence-corrected chi connectivity index (χ3v) is 5.42. The number of hydrogen-bond acceptors (Lipinski definition) is 2. The lowest BCUT2D eigenvalue weighted by atomic mass is 9.59. The summed E-state index contributed by atoms with van der Waals surface area (Å²) in [6.07, 6.45) is 8.10. The first kappa shape index (κ1) is 12.4. The molecule has 0 saturated heterocycles. The molecule has 2 fully saturated rings. The minimum atomic E-state index is -0.481. The Kier molecular flexibility index (Phi) is 3.33. The number of aliphatic hydroxyl groups is 1. The average molecular weight is 225 g/mol. The second kappa shape index (κ2) is 4.30. The van der Waals surface area contributed by atoms with Gasteiger partial charge in [0.15, 0.2) is 0 Å². The zero-order valence-corrected chi connectivity index (χ0v) is 10.8. The van der Waals surface area contributed by atoms with E-state index in [4.69, 9.17) is 5.73 Å². The Labute approximate surface area is 99.6 Å².